The average Bonchev–Trinajstić information content (AvgIpc) is 2.35. The monoisotopic (exact) mass is 252 g/mol. The van der Waals surface area contributed by atoms with Crippen LogP contribution in [0.2, 0.25) is 5.02 Å². The molecule has 1 atom stereocenters. The van der Waals surface area contributed by atoms with Gasteiger partial charge in [-0.25, -0.2) is 0 Å². The third kappa shape index (κ3) is 3.21. The van der Waals surface area contributed by atoms with E-state index in [1.165, 1.54) is 18.4 Å². The Morgan fingerprint density at radius 1 is 1.18 bits per heavy atom. The Balaban J connectivity index is 2.08. The van der Waals surface area contributed by atoms with Gasteiger partial charge in [-0.3, -0.25) is 0 Å². The van der Waals surface area contributed by atoms with Crippen molar-refractivity contribution >= 4 is 11.6 Å². The van der Waals surface area contributed by atoms with E-state index in [2.05, 4.69) is 17.4 Å². The Kier molecular flexibility index (Phi) is 4.43. The summed E-state index contributed by atoms with van der Waals surface area (Å²) in [5, 5.41) is 4.24. The highest BCUT2D eigenvalue weighted by atomic mass is 35.5. The van der Waals surface area contributed by atoms with Crippen LogP contribution in [0.4, 0.5) is 0 Å². The van der Waals surface area contributed by atoms with Gasteiger partial charge in [-0.05, 0) is 56.3 Å². The second-order valence-corrected chi connectivity index (χ2v) is 5.43. The van der Waals surface area contributed by atoms with Gasteiger partial charge >= 0.3 is 0 Å². The molecule has 17 heavy (non-hydrogen) atoms. The summed E-state index contributed by atoms with van der Waals surface area (Å²) in [6.45, 7) is 0. The molecular formula is C14H21ClN2. The molecule has 0 amide bonds. The molecule has 0 spiro atoms. The molecule has 0 aromatic heterocycles. The first-order valence-electron chi connectivity index (χ1n) is 6.39. The lowest BCUT2D eigenvalue weighted by Gasteiger charge is -2.32. The molecule has 1 saturated carbocycles. The quantitative estimate of drug-likeness (QED) is 0.868. The molecule has 2 rings (SSSR count). The number of nitrogens with two attached hydrogens (primary N) is 1. The predicted molar refractivity (Wildman–Crippen MR) is 73.2 cm³/mol. The largest absolute Gasteiger partial charge is 0.328 e. The highest BCUT2D eigenvalue weighted by molar-refractivity contribution is 6.30. The highest BCUT2D eigenvalue weighted by Crippen LogP contribution is 2.34. The van der Waals surface area contributed by atoms with Crippen molar-refractivity contribution < 1.29 is 0 Å². The summed E-state index contributed by atoms with van der Waals surface area (Å²) in [5.41, 5.74) is 7.29. The summed E-state index contributed by atoms with van der Waals surface area (Å²) in [5.74, 6) is 0.695. The Hall–Kier alpha value is -0.570. The van der Waals surface area contributed by atoms with Gasteiger partial charge in [-0.1, -0.05) is 23.7 Å². The zero-order valence-electron chi connectivity index (χ0n) is 10.3. The van der Waals surface area contributed by atoms with E-state index in [4.69, 9.17) is 17.3 Å². The molecule has 2 nitrogen and oxygen atoms in total. The molecule has 0 saturated heterocycles. The number of nitrogens with one attached hydrogen (secondary N) is 1. The normalized spacial score (nSPS) is 26.8. The fourth-order valence-electron chi connectivity index (χ4n) is 2.82. The van der Waals surface area contributed by atoms with Gasteiger partial charge in [0, 0.05) is 17.1 Å². The van der Waals surface area contributed by atoms with E-state index in [1.54, 1.807) is 0 Å². The van der Waals surface area contributed by atoms with E-state index < -0.39 is 0 Å². The third-order valence-corrected chi connectivity index (χ3v) is 4.08. The highest BCUT2D eigenvalue weighted by Gasteiger charge is 2.26. The van der Waals surface area contributed by atoms with Crippen molar-refractivity contribution in [2.75, 3.05) is 7.05 Å². The first-order chi connectivity index (χ1) is 8.20. The maximum absolute atomic E-state index is 5.96. The summed E-state index contributed by atoms with van der Waals surface area (Å²) in [7, 11) is 2.04. The molecule has 1 fully saturated rings. The number of halogens is 1. The Morgan fingerprint density at radius 3 is 2.29 bits per heavy atom. The van der Waals surface area contributed by atoms with Crippen LogP contribution in [0.3, 0.4) is 0 Å². The van der Waals surface area contributed by atoms with Crippen LogP contribution in [0, 0.1) is 5.92 Å². The minimum atomic E-state index is 0.411. The molecule has 1 unspecified atom stereocenters. The minimum Gasteiger partial charge on any atom is -0.328 e. The van der Waals surface area contributed by atoms with Gasteiger partial charge in [0.1, 0.15) is 0 Å². The fraction of sp³-hybridized carbons (Fsp3) is 0.571. The van der Waals surface area contributed by atoms with E-state index >= 15 is 0 Å². The SMILES string of the molecule is CNC(c1ccc(Cl)cc1)C1CCC(N)CC1. The van der Waals surface area contributed by atoms with Crippen LogP contribution in [0.15, 0.2) is 24.3 Å². The van der Waals surface area contributed by atoms with Crippen LogP contribution in [-0.4, -0.2) is 13.1 Å². The zero-order valence-corrected chi connectivity index (χ0v) is 11.1. The van der Waals surface area contributed by atoms with Gasteiger partial charge in [0.25, 0.3) is 0 Å². The van der Waals surface area contributed by atoms with Gasteiger partial charge < -0.3 is 11.1 Å². The lowest BCUT2D eigenvalue weighted by molar-refractivity contribution is 0.262. The van der Waals surface area contributed by atoms with Crippen molar-refractivity contribution in [1.29, 1.82) is 0 Å². The van der Waals surface area contributed by atoms with E-state index in [9.17, 15) is 0 Å². The number of rotatable bonds is 3. The van der Waals surface area contributed by atoms with Gasteiger partial charge in [-0.15, -0.1) is 0 Å². The summed E-state index contributed by atoms with van der Waals surface area (Å²) in [4.78, 5) is 0. The van der Waals surface area contributed by atoms with Gasteiger partial charge in [-0.2, -0.15) is 0 Å². The summed E-state index contributed by atoms with van der Waals surface area (Å²) >= 11 is 5.93. The van der Waals surface area contributed by atoms with Crippen molar-refractivity contribution in [1.82, 2.24) is 5.32 Å². The van der Waals surface area contributed by atoms with Crippen LogP contribution in [0.25, 0.3) is 0 Å². The number of hydrogen-bond acceptors (Lipinski definition) is 2. The second-order valence-electron chi connectivity index (χ2n) is 4.99. The van der Waals surface area contributed by atoms with Crippen molar-refractivity contribution in [2.45, 2.75) is 37.8 Å². The predicted octanol–water partition coefficient (Wildman–Crippen LogP) is 3.12. The summed E-state index contributed by atoms with van der Waals surface area (Å²) in [6.07, 6.45) is 4.73. The molecule has 0 bridgehead atoms. The molecule has 0 heterocycles. The smallest absolute Gasteiger partial charge is 0.0406 e. The van der Waals surface area contributed by atoms with Crippen LogP contribution >= 0.6 is 11.6 Å². The van der Waals surface area contributed by atoms with E-state index in [0.717, 1.165) is 17.9 Å². The molecule has 0 radical (unpaired) electrons. The van der Waals surface area contributed by atoms with E-state index in [1.807, 2.05) is 19.2 Å². The van der Waals surface area contributed by atoms with Gasteiger partial charge in [0.05, 0.1) is 0 Å². The molecule has 1 aromatic rings. The van der Waals surface area contributed by atoms with Crippen LogP contribution in [0.1, 0.15) is 37.3 Å². The Bertz CT molecular complexity index is 342. The standard InChI is InChI=1S/C14H21ClN2/c1-17-14(10-2-6-12(15)7-3-10)11-4-8-13(16)9-5-11/h2-3,6-7,11,13-14,17H,4-5,8-9,16H2,1H3. The van der Waals surface area contributed by atoms with Crippen molar-refractivity contribution in [3.05, 3.63) is 34.9 Å². The Morgan fingerprint density at radius 2 is 1.76 bits per heavy atom. The van der Waals surface area contributed by atoms with Crippen molar-refractivity contribution in [3.8, 4) is 0 Å². The molecule has 1 aliphatic rings. The van der Waals surface area contributed by atoms with Crippen LogP contribution < -0.4 is 11.1 Å². The molecule has 1 aliphatic carbocycles. The molecule has 94 valence electrons. The maximum Gasteiger partial charge on any atom is 0.0406 e. The number of benzene rings is 1. The summed E-state index contributed by atoms with van der Waals surface area (Å²) < 4.78 is 0. The summed E-state index contributed by atoms with van der Waals surface area (Å²) in [6, 6.07) is 9.02. The van der Waals surface area contributed by atoms with Crippen LogP contribution in [0.5, 0.6) is 0 Å². The van der Waals surface area contributed by atoms with E-state index in [-0.39, 0.29) is 0 Å². The topological polar surface area (TPSA) is 38.0 Å². The lowest BCUT2D eigenvalue weighted by atomic mass is 9.79. The Labute approximate surface area is 109 Å². The molecule has 0 aliphatic heterocycles. The van der Waals surface area contributed by atoms with Gasteiger partial charge in [0.15, 0.2) is 0 Å². The number of hydrogen-bond donors (Lipinski definition) is 2. The second kappa shape index (κ2) is 5.85. The van der Waals surface area contributed by atoms with Crippen molar-refractivity contribution in [2.24, 2.45) is 11.7 Å². The maximum atomic E-state index is 5.96. The van der Waals surface area contributed by atoms with Gasteiger partial charge in [0.2, 0.25) is 0 Å². The first kappa shape index (κ1) is 12.9. The molecule has 1 aromatic carbocycles. The van der Waals surface area contributed by atoms with Crippen molar-refractivity contribution in [3.63, 3.8) is 0 Å². The molecule has 3 heteroatoms. The van der Waals surface area contributed by atoms with Crippen LogP contribution in [-0.2, 0) is 0 Å². The average molecular weight is 253 g/mol. The lowest BCUT2D eigenvalue weighted by Crippen LogP contribution is -2.33. The zero-order chi connectivity index (χ0) is 12.3. The molecular weight excluding hydrogens is 232 g/mol. The molecule has 3 N–H and O–H groups in total. The van der Waals surface area contributed by atoms with E-state index in [0.29, 0.717) is 18.0 Å². The third-order valence-electron chi connectivity index (χ3n) is 3.83. The minimum absolute atomic E-state index is 0.411. The first-order valence-corrected chi connectivity index (χ1v) is 6.77. The fourth-order valence-corrected chi connectivity index (χ4v) is 2.95.